The molecule has 0 aromatic heterocycles. The van der Waals surface area contributed by atoms with Gasteiger partial charge >= 0.3 is 0 Å². The first-order chi connectivity index (χ1) is 12.5. The van der Waals surface area contributed by atoms with Crippen LogP contribution in [0.1, 0.15) is 18.4 Å². The monoisotopic (exact) mass is 380 g/mol. The Labute approximate surface area is 152 Å². The molecule has 0 amide bonds. The first kappa shape index (κ1) is 18.9. The molecule has 4 nitrogen and oxygen atoms in total. The molecule has 1 N–H and O–H groups in total. The van der Waals surface area contributed by atoms with E-state index >= 15 is 0 Å². The van der Waals surface area contributed by atoms with E-state index in [1.807, 2.05) is 0 Å². The zero-order chi connectivity index (χ0) is 18.6. The molecule has 140 valence electrons. The highest BCUT2D eigenvalue weighted by atomic mass is 32.2. The van der Waals surface area contributed by atoms with Crippen molar-refractivity contribution >= 4 is 10.0 Å². The van der Waals surface area contributed by atoms with Crippen LogP contribution in [0.5, 0.6) is 0 Å². The summed E-state index contributed by atoms with van der Waals surface area (Å²) in [6.07, 6.45) is 1.48. The topological polar surface area (TPSA) is 49.4 Å². The van der Waals surface area contributed by atoms with Crippen LogP contribution in [0.25, 0.3) is 0 Å². The molecule has 0 spiro atoms. The van der Waals surface area contributed by atoms with Crippen LogP contribution < -0.4 is 5.32 Å². The van der Waals surface area contributed by atoms with Crippen LogP contribution in [0.4, 0.5) is 8.78 Å². The molecule has 2 aromatic carbocycles. The number of nitrogens with zero attached hydrogens (tertiary/aromatic N) is 1. The Morgan fingerprint density at radius 3 is 2.42 bits per heavy atom. The van der Waals surface area contributed by atoms with Crippen molar-refractivity contribution in [1.82, 2.24) is 9.62 Å². The lowest BCUT2D eigenvalue weighted by molar-refractivity contribution is 0.267. The van der Waals surface area contributed by atoms with Gasteiger partial charge in [0.15, 0.2) is 0 Å². The van der Waals surface area contributed by atoms with Gasteiger partial charge in [-0.1, -0.05) is 18.2 Å². The van der Waals surface area contributed by atoms with Crippen molar-refractivity contribution in [2.45, 2.75) is 24.3 Å². The van der Waals surface area contributed by atoms with Crippen LogP contribution in [-0.4, -0.2) is 32.4 Å². The molecule has 1 aliphatic rings. The van der Waals surface area contributed by atoms with Crippen molar-refractivity contribution in [3.8, 4) is 0 Å². The number of hydrogen-bond donors (Lipinski definition) is 1. The predicted octanol–water partition coefficient (Wildman–Crippen LogP) is 3.16. The summed E-state index contributed by atoms with van der Waals surface area (Å²) in [7, 11) is -3.44. The van der Waals surface area contributed by atoms with Crippen molar-refractivity contribution in [1.29, 1.82) is 0 Å². The smallest absolute Gasteiger partial charge is 0.243 e. The maximum atomic E-state index is 13.6. The summed E-state index contributed by atoms with van der Waals surface area (Å²) in [6.45, 7) is 1.84. The molecular formula is C19H22F2N2O2S. The van der Waals surface area contributed by atoms with E-state index in [4.69, 9.17) is 0 Å². The van der Waals surface area contributed by atoms with Crippen LogP contribution in [0.3, 0.4) is 0 Å². The second-order valence-electron chi connectivity index (χ2n) is 6.53. The van der Waals surface area contributed by atoms with Crippen LogP contribution >= 0.6 is 0 Å². The Bertz CT molecular complexity index is 836. The van der Waals surface area contributed by atoms with Gasteiger partial charge in [-0.25, -0.2) is 17.2 Å². The van der Waals surface area contributed by atoms with Gasteiger partial charge in [0.2, 0.25) is 10.0 Å². The minimum Gasteiger partial charge on any atom is -0.312 e. The fourth-order valence-electron chi connectivity index (χ4n) is 3.19. The number of sulfonamides is 1. The highest BCUT2D eigenvalue weighted by Crippen LogP contribution is 2.23. The molecule has 1 fully saturated rings. The maximum Gasteiger partial charge on any atom is 0.243 e. The van der Waals surface area contributed by atoms with Crippen molar-refractivity contribution in [2.75, 3.05) is 19.6 Å². The Morgan fingerprint density at radius 2 is 1.73 bits per heavy atom. The largest absolute Gasteiger partial charge is 0.312 e. The van der Waals surface area contributed by atoms with Crippen LogP contribution in [0.2, 0.25) is 0 Å². The highest BCUT2D eigenvalue weighted by Gasteiger charge is 2.29. The van der Waals surface area contributed by atoms with E-state index in [1.54, 1.807) is 30.3 Å². The number of nitrogens with one attached hydrogen (secondary N) is 1. The fourth-order valence-corrected chi connectivity index (χ4v) is 4.68. The quantitative estimate of drug-likeness (QED) is 0.838. The van der Waals surface area contributed by atoms with E-state index in [2.05, 4.69) is 5.32 Å². The van der Waals surface area contributed by atoms with Crippen molar-refractivity contribution in [3.63, 3.8) is 0 Å². The summed E-state index contributed by atoms with van der Waals surface area (Å²) < 4.78 is 53.5. The second-order valence-corrected chi connectivity index (χ2v) is 8.47. The lowest BCUT2D eigenvalue weighted by Gasteiger charge is -2.31. The summed E-state index contributed by atoms with van der Waals surface area (Å²) in [5.41, 5.74) is 0.300. The third-order valence-electron chi connectivity index (χ3n) is 4.71. The number of rotatable bonds is 6. The van der Waals surface area contributed by atoms with Gasteiger partial charge in [-0.3, -0.25) is 0 Å². The van der Waals surface area contributed by atoms with Crippen LogP contribution in [0.15, 0.2) is 53.4 Å². The third kappa shape index (κ3) is 4.47. The van der Waals surface area contributed by atoms with Crippen molar-refractivity contribution < 1.29 is 17.2 Å². The van der Waals surface area contributed by atoms with Gasteiger partial charge in [-0.05, 0) is 55.6 Å². The molecule has 0 atom stereocenters. The normalized spacial score (nSPS) is 16.7. The summed E-state index contributed by atoms with van der Waals surface area (Å²) >= 11 is 0. The highest BCUT2D eigenvalue weighted by molar-refractivity contribution is 7.89. The number of halogens is 2. The van der Waals surface area contributed by atoms with E-state index in [9.17, 15) is 17.2 Å². The van der Waals surface area contributed by atoms with E-state index in [-0.39, 0.29) is 6.54 Å². The Morgan fingerprint density at radius 1 is 1.04 bits per heavy atom. The lowest BCUT2D eigenvalue weighted by Crippen LogP contribution is -2.40. The lowest BCUT2D eigenvalue weighted by atomic mass is 9.98. The minimum atomic E-state index is -3.44. The average molecular weight is 380 g/mol. The first-order valence-corrected chi connectivity index (χ1v) is 10.1. The van der Waals surface area contributed by atoms with Crippen molar-refractivity contribution in [2.24, 2.45) is 5.92 Å². The maximum absolute atomic E-state index is 13.6. The van der Waals surface area contributed by atoms with Gasteiger partial charge in [-0.15, -0.1) is 0 Å². The molecule has 1 heterocycles. The van der Waals surface area contributed by atoms with Gasteiger partial charge in [0.05, 0.1) is 4.90 Å². The molecule has 3 rings (SSSR count). The molecule has 7 heteroatoms. The number of hydrogen-bond acceptors (Lipinski definition) is 3. The van der Waals surface area contributed by atoms with Crippen molar-refractivity contribution in [3.05, 3.63) is 65.7 Å². The molecule has 1 saturated heterocycles. The second kappa shape index (κ2) is 8.24. The summed E-state index contributed by atoms with van der Waals surface area (Å²) in [4.78, 5) is 0.318. The van der Waals surface area contributed by atoms with Crippen LogP contribution in [-0.2, 0) is 16.6 Å². The average Bonchev–Trinajstić information content (AvgIpc) is 2.66. The first-order valence-electron chi connectivity index (χ1n) is 8.66. The van der Waals surface area contributed by atoms with E-state index in [0.717, 1.165) is 25.0 Å². The number of benzene rings is 2. The van der Waals surface area contributed by atoms with Gasteiger partial charge in [0, 0.05) is 25.2 Å². The molecule has 0 unspecified atom stereocenters. The zero-order valence-corrected chi connectivity index (χ0v) is 15.2. The number of piperidine rings is 1. The molecule has 26 heavy (non-hydrogen) atoms. The van der Waals surface area contributed by atoms with Gasteiger partial charge in [0.1, 0.15) is 11.6 Å². The summed E-state index contributed by atoms with van der Waals surface area (Å²) in [5.74, 6) is -0.570. The fraction of sp³-hybridized carbons (Fsp3) is 0.368. The van der Waals surface area contributed by atoms with Crippen LogP contribution in [0, 0.1) is 17.6 Å². The molecular weight excluding hydrogens is 358 g/mol. The molecule has 1 aliphatic heterocycles. The molecule has 0 aliphatic carbocycles. The summed E-state index contributed by atoms with van der Waals surface area (Å²) in [5, 5.41) is 3.15. The Hall–Kier alpha value is -1.83. The summed E-state index contributed by atoms with van der Waals surface area (Å²) in [6, 6.07) is 11.9. The molecule has 0 bridgehead atoms. The zero-order valence-electron chi connectivity index (χ0n) is 14.4. The third-order valence-corrected chi connectivity index (χ3v) is 6.62. The van der Waals surface area contributed by atoms with E-state index in [0.29, 0.717) is 36.0 Å². The standard InChI is InChI=1S/C19H22F2N2O2S/c20-17-6-7-19(21)16(12-17)14-22-13-15-8-10-23(11-9-15)26(24,25)18-4-2-1-3-5-18/h1-7,12,15,22H,8-11,13-14H2. The van der Waals surface area contributed by atoms with E-state index < -0.39 is 21.7 Å². The molecule has 0 saturated carbocycles. The Balaban J connectivity index is 1.49. The van der Waals surface area contributed by atoms with Gasteiger partial charge in [0.25, 0.3) is 0 Å². The van der Waals surface area contributed by atoms with Gasteiger partial charge in [-0.2, -0.15) is 4.31 Å². The van der Waals surface area contributed by atoms with Gasteiger partial charge < -0.3 is 5.32 Å². The molecule has 0 radical (unpaired) electrons. The SMILES string of the molecule is O=S(=O)(c1ccccc1)N1CCC(CNCc2cc(F)ccc2F)CC1. The Kier molecular flexibility index (Phi) is 6.01. The minimum absolute atomic E-state index is 0.256. The predicted molar refractivity (Wildman–Crippen MR) is 96.0 cm³/mol. The van der Waals surface area contributed by atoms with E-state index in [1.165, 1.54) is 10.4 Å². The molecule has 2 aromatic rings.